The quantitative estimate of drug-likeness (QED) is 0.137. The standard InChI is InChI=1S/C15H24N4O6.C10H15N3O5.3ClH/c1-7(2)10(17)12(21)25-11-8(6-20)24-13(15(11,3)23)19-5-4-9(16)18-14(19)22;1-10(17)7(15)5(4-14)18-8(10)13-3-2-6(11)12-9(13)16;;;/h4-5,7-8,10-11,13,20,23H,6,17H2,1-3H3,(H2,16,18,22);2-3,5,7-8,14-15,17H,4H2,1H3,(H2,11,12,16);3*1H/t8-,10?,11+,13-,15?;5-,7+,8-,10?;;;/m11.../s1. The van der Waals surface area contributed by atoms with E-state index in [0.29, 0.717) is 0 Å². The van der Waals surface area contributed by atoms with Crippen LogP contribution in [0.4, 0.5) is 11.6 Å². The minimum atomic E-state index is -1.80. The summed E-state index contributed by atoms with van der Waals surface area (Å²) in [5, 5.41) is 49.4. The Hall–Kier alpha value is -2.62. The van der Waals surface area contributed by atoms with Crippen LogP contribution in [0.3, 0.4) is 0 Å². The number of aromatic nitrogens is 4. The van der Waals surface area contributed by atoms with Gasteiger partial charge in [0.15, 0.2) is 18.6 Å². The van der Waals surface area contributed by atoms with Gasteiger partial charge >= 0.3 is 17.3 Å². The minimum absolute atomic E-state index is 0. The summed E-state index contributed by atoms with van der Waals surface area (Å²) in [5.41, 5.74) is 11.6. The highest BCUT2D eigenvalue weighted by molar-refractivity contribution is 5.86. The van der Waals surface area contributed by atoms with Gasteiger partial charge in [-0.2, -0.15) is 9.97 Å². The summed E-state index contributed by atoms with van der Waals surface area (Å²) >= 11 is 0. The number of halogens is 3. The van der Waals surface area contributed by atoms with E-state index in [9.17, 15) is 34.8 Å². The van der Waals surface area contributed by atoms with E-state index >= 15 is 0 Å². The Morgan fingerprint density at radius 3 is 1.70 bits per heavy atom. The van der Waals surface area contributed by atoms with Crippen LogP contribution in [0.15, 0.2) is 34.1 Å². The van der Waals surface area contributed by atoms with E-state index in [4.69, 9.17) is 36.5 Å². The van der Waals surface area contributed by atoms with Crippen LogP contribution in [0.2, 0.25) is 0 Å². The molecule has 46 heavy (non-hydrogen) atoms. The zero-order valence-electron chi connectivity index (χ0n) is 25.3. The lowest BCUT2D eigenvalue weighted by atomic mass is 9.95. The molecule has 4 rings (SSSR count). The summed E-state index contributed by atoms with van der Waals surface area (Å²) in [7, 11) is 0. The second-order valence-corrected chi connectivity index (χ2v) is 11.0. The number of aliphatic hydroxyl groups excluding tert-OH is 3. The number of carbonyl (C=O) groups excluding carboxylic acids is 1. The molecule has 2 fully saturated rings. The molecule has 0 aromatic carbocycles. The third-order valence-corrected chi connectivity index (χ3v) is 7.27. The molecule has 264 valence electrons. The van der Waals surface area contributed by atoms with E-state index in [0.717, 1.165) is 9.13 Å². The van der Waals surface area contributed by atoms with Gasteiger partial charge in [-0.05, 0) is 31.9 Å². The minimum Gasteiger partial charge on any atom is -0.455 e. The molecule has 0 spiro atoms. The predicted octanol–water partition coefficient (Wildman–Crippen LogP) is -2.55. The summed E-state index contributed by atoms with van der Waals surface area (Å²) in [4.78, 5) is 42.9. The fraction of sp³-hybridized carbons (Fsp3) is 0.640. The third-order valence-electron chi connectivity index (χ3n) is 7.27. The molecule has 21 heteroatoms. The van der Waals surface area contributed by atoms with Crippen molar-refractivity contribution in [3.63, 3.8) is 0 Å². The molecule has 2 aliphatic heterocycles. The molecular formula is C25H42Cl3N7O11. The molecule has 0 radical (unpaired) electrons. The number of carbonyl (C=O) groups is 1. The molecule has 11 N–H and O–H groups in total. The van der Waals surface area contributed by atoms with E-state index in [-0.39, 0.29) is 54.8 Å². The van der Waals surface area contributed by atoms with Crippen molar-refractivity contribution in [1.82, 2.24) is 19.1 Å². The Bertz CT molecular complexity index is 1410. The molecule has 18 nitrogen and oxygen atoms in total. The van der Waals surface area contributed by atoms with Crippen molar-refractivity contribution in [2.75, 3.05) is 24.7 Å². The number of rotatable bonds is 7. The number of anilines is 2. The topological polar surface area (TPSA) is 294 Å². The monoisotopic (exact) mass is 721 g/mol. The lowest BCUT2D eigenvalue weighted by Crippen LogP contribution is -2.51. The molecular weight excluding hydrogens is 681 g/mol. The maximum Gasteiger partial charge on any atom is 0.351 e. The maximum atomic E-state index is 12.2. The highest BCUT2D eigenvalue weighted by Crippen LogP contribution is 2.40. The summed E-state index contributed by atoms with van der Waals surface area (Å²) in [6.45, 7) is 5.17. The number of aliphatic hydroxyl groups is 5. The molecule has 4 heterocycles. The maximum absolute atomic E-state index is 12.2. The van der Waals surface area contributed by atoms with Crippen molar-refractivity contribution < 1.29 is 44.5 Å². The van der Waals surface area contributed by atoms with Gasteiger partial charge in [-0.25, -0.2) is 9.59 Å². The van der Waals surface area contributed by atoms with Gasteiger partial charge in [0, 0.05) is 12.4 Å². The first-order valence-corrected chi connectivity index (χ1v) is 13.3. The molecule has 9 atom stereocenters. The van der Waals surface area contributed by atoms with Crippen LogP contribution in [-0.2, 0) is 19.0 Å². The van der Waals surface area contributed by atoms with Crippen molar-refractivity contribution in [2.24, 2.45) is 11.7 Å². The second-order valence-electron chi connectivity index (χ2n) is 11.0. The fourth-order valence-electron chi connectivity index (χ4n) is 4.65. The second kappa shape index (κ2) is 17.0. The molecule has 0 bridgehead atoms. The molecule has 3 unspecified atom stereocenters. The smallest absolute Gasteiger partial charge is 0.351 e. The largest absolute Gasteiger partial charge is 0.455 e. The first-order chi connectivity index (χ1) is 20.0. The number of esters is 1. The van der Waals surface area contributed by atoms with E-state index in [1.807, 2.05) is 0 Å². The summed E-state index contributed by atoms with van der Waals surface area (Å²) < 4.78 is 18.2. The molecule has 2 saturated heterocycles. The Labute approximate surface area is 281 Å². The van der Waals surface area contributed by atoms with Crippen molar-refractivity contribution >= 4 is 54.8 Å². The van der Waals surface area contributed by atoms with Gasteiger partial charge in [0.2, 0.25) is 0 Å². The van der Waals surface area contributed by atoms with Gasteiger partial charge in [-0.15, -0.1) is 37.2 Å². The molecule has 2 aromatic heterocycles. The van der Waals surface area contributed by atoms with Crippen LogP contribution in [0.1, 0.15) is 40.2 Å². The molecule has 2 aliphatic rings. The Morgan fingerprint density at radius 2 is 1.33 bits per heavy atom. The highest BCUT2D eigenvalue weighted by Gasteiger charge is 2.56. The zero-order chi connectivity index (χ0) is 32.4. The SMILES string of the molecule is CC(C)C(N)C(=O)O[C@H]1[C@@H](CO)O[C@@H](n2ccc(N)nc2=O)C1(C)O.CC1(O)[C@@H](O)[C@@H](CO)O[C@H]1n1ccc(N)nc1=O.Cl.Cl.Cl. The van der Waals surface area contributed by atoms with Gasteiger partial charge < -0.3 is 56.9 Å². The van der Waals surface area contributed by atoms with Gasteiger partial charge in [0.1, 0.15) is 47.2 Å². The number of nitrogens with two attached hydrogens (primary N) is 3. The first kappa shape index (κ1) is 43.4. The summed E-state index contributed by atoms with van der Waals surface area (Å²) in [6.07, 6.45) is -4.26. The number of hydrogen-bond acceptors (Lipinski definition) is 16. The molecule has 2 aromatic rings. The first-order valence-electron chi connectivity index (χ1n) is 13.3. The van der Waals surface area contributed by atoms with Gasteiger partial charge in [0.05, 0.1) is 13.2 Å². The predicted molar refractivity (Wildman–Crippen MR) is 170 cm³/mol. The lowest BCUT2D eigenvalue weighted by Gasteiger charge is -2.30. The van der Waals surface area contributed by atoms with Crippen LogP contribution in [0.5, 0.6) is 0 Å². The van der Waals surface area contributed by atoms with Crippen molar-refractivity contribution in [3.05, 3.63) is 45.5 Å². The van der Waals surface area contributed by atoms with Gasteiger partial charge in [-0.3, -0.25) is 13.9 Å². The van der Waals surface area contributed by atoms with Crippen LogP contribution in [0.25, 0.3) is 0 Å². The number of hydrogen-bond donors (Lipinski definition) is 8. The van der Waals surface area contributed by atoms with Crippen molar-refractivity contribution in [1.29, 1.82) is 0 Å². The van der Waals surface area contributed by atoms with Gasteiger partial charge in [0.25, 0.3) is 0 Å². The zero-order valence-corrected chi connectivity index (χ0v) is 27.7. The highest BCUT2D eigenvalue weighted by atomic mass is 35.5. The normalized spacial score (nSPS) is 30.6. The molecule has 0 aliphatic carbocycles. The number of nitrogens with zero attached hydrogens (tertiary/aromatic N) is 4. The average Bonchev–Trinajstić information content (AvgIpc) is 3.31. The number of ether oxygens (including phenoxy) is 3. The molecule has 0 saturated carbocycles. The lowest BCUT2D eigenvalue weighted by molar-refractivity contribution is -0.166. The Morgan fingerprint density at radius 1 is 0.913 bits per heavy atom. The Kier molecular flexibility index (Phi) is 16.0. The third kappa shape index (κ3) is 8.84. The van der Waals surface area contributed by atoms with Crippen LogP contribution >= 0.6 is 37.2 Å². The van der Waals surface area contributed by atoms with Crippen LogP contribution < -0.4 is 28.6 Å². The van der Waals surface area contributed by atoms with Crippen LogP contribution in [0, 0.1) is 5.92 Å². The van der Waals surface area contributed by atoms with Crippen molar-refractivity contribution in [3.8, 4) is 0 Å². The van der Waals surface area contributed by atoms with Crippen LogP contribution in [-0.4, -0.2) is 105 Å². The van der Waals surface area contributed by atoms with E-state index < -0.39 is 84.7 Å². The Balaban J connectivity index is 0.000000862. The average molecular weight is 723 g/mol. The molecule has 0 amide bonds. The van der Waals surface area contributed by atoms with Crippen molar-refractivity contribution in [2.45, 2.75) is 81.8 Å². The van der Waals surface area contributed by atoms with E-state index in [1.165, 1.54) is 38.4 Å². The van der Waals surface area contributed by atoms with E-state index in [2.05, 4.69) is 9.97 Å². The summed E-state index contributed by atoms with van der Waals surface area (Å²) in [6, 6.07) is 1.84. The van der Waals surface area contributed by atoms with E-state index in [1.54, 1.807) is 13.8 Å². The fourth-order valence-corrected chi connectivity index (χ4v) is 4.65. The number of nitrogen functional groups attached to an aromatic ring is 2. The summed E-state index contributed by atoms with van der Waals surface area (Å²) in [5.74, 6) is -0.838. The van der Waals surface area contributed by atoms with Gasteiger partial charge in [-0.1, -0.05) is 13.8 Å².